The van der Waals surface area contributed by atoms with Crippen molar-refractivity contribution in [3.05, 3.63) is 30.2 Å². The van der Waals surface area contributed by atoms with Gasteiger partial charge in [-0.15, -0.1) is 0 Å². The normalized spacial score (nSPS) is 15.4. The topological polar surface area (TPSA) is 83.6 Å². The van der Waals surface area contributed by atoms with Gasteiger partial charge in [0.15, 0.2) is 5.58 Å². The van der Waals surface area contributed by atoms with Gasteiger partial charge in [0.05, 0.1) is 6.42 Å². The highest BCUT2D eigenvalue weighted by Crippen LogP contribution is 2.42. The van der Waals surface area contributed by atoms with Gasteiger partial charge in [0.1, 0.15) is 5.52 Å². The molecule has 1 atom stereocenters. The van der Waals surface area contributed by atoms with Gasteiger partial charge in [-0.3, -0.25) is 4.79 Å². The average molecular weight is 275 g/mol. The van der Waals surface area contributed by atoms with Crippen molar-refractivity contribution in [2.75, 3.05) is 0 Å². The zero-order valence-corrected chi connectivity index (χ0v) is 9.31. The van der Waals surface area contributed by atoms with E-state index in [0.717, 1.165) is 0 Å². The molecule has 2 N–H and O–H groups in total. The van der Waals surface area contributed by atoms with Gasteiger partial charge in [0, 0.05) is 0 Å². The second-order valence-corrected chi connectivity index (χ2v) is 3.92. The van der Waals surface area contributed by atoms with Crippen molar-refractivity contribution >= 4 is 17.1 Å². The first kappa shape index (κ1) is 13.3. The van der Waals surface area contributed by atoms with E-state index in [1.165, 1.54) is 24.3 Å². The molecule has 2 aromatic rings. The molecule has 0 radical (unpaired) electrons. The van der Waals surface area contributed by atoms with Gasteiger partial charge in [0.25, 0.3) is 0 Å². The lowest BCUT2D eigenvalue weighted by atomic mass is 9.99. The highest BCUT2D eigenvalue weighted by Gasteiger charge is 2.60. The second-order valence-electron chi connectivity index (χ2n) is 3.92. The molecular formula is C11H8F3NO4. The van der Waals surface area contributed by atoms with Crippen LogP contribution in [-0.4, -0.2) is 27.3 Å². The first-order chi connectivity index (χ1) is 8.74. The van der Waals surface area contributed by atoms with Gasteiger partial charge in [0.2, 0.25) is 11.5 Å². The number of aromatic nitrogens is 1. The Labute approximate surface area is 104 Å². The Balaban J connectivity index is 2.57. The van der Waals surface area contributed by atoms with Crippen LogP contribution in [0.1, 0.15) is 12.3 Å². The number of carbonyl (C=O) groups is 1. The minimum absolute atomic E-state index is 0.0329. The maximum atomic E-state index is 12.9. The Kier molecular flexibility index (Phi) is 2.97. The SMILES string of the molecule is O=C(O)C[C@](O)(c1nc2ccccc2o1)C(F)(F)F. The predicted molar refractivity (Wildman–Crippen MR) is 56.2 cm³/mol. The Morgan fingerprint density at radius 2 is 1.95 bits per heavy atom. The number of aliphatic hydroxyl groups is 1. The molecule has 1 heterocycles. The lowest BCUT2D eigenvalue weighted by Crippen LogP contribution is -2.44. The van der Waals surface area contributed by atoms with Crippen LogP contribution in [0.15, 0.2) is 28.7 Å². The summed E-state index contributed by atoms with van der Waals surface area (Å²) in [5.41, 5.74) is -3.52. The number of fused-ring (bicyclic) bond motifs is 1. The van der Waals surface area contributed by atoms with Crippen LogP contribution < -0.4 is 0 Å². The lowest BCUT2D eigenvalue weighted by molar-refractivity contribution is -0.276. The van der Waals surface area contributed by atoms with Crippen LogP contribution in [0.25, 0.3) is 11.1 Å². The third-order valence-electron chi connectivity index (χ3n) is 2.52. The van der Waals surface area contributed by atoms with E-state index in [2.05, 4.69) is 4.98 Å². The van der Waals surface area contributed by atoms with E-state index >= 15 is 0 Å². The molecule has 1 aromatic carbocycles. The molecule has 0 saturated heterocycles. The minimum Gasteiger partial charge on any atom is -0.481 e. The molecule has 0 unspecified atom stereocenters. The van der Waals surface area contributed by atoms with Crippen molar-refractivity contribution < 1.29 is 32.6 Å². The fraction of sp³-hybridized carbons (Fsp3) is 0.273. The van der Waals surface area contributed by atoms with Gasteiger partial charge in [-0.1, -0.05) is 12.1 Å². The predicted octanol–water partition coefficient (Wildman–Crippen LogP) is 2.05. The molecule has 102 valence electrons. The number of aliphatic carboxylic acids is 1. The molecule has 0 aliphatic carbocycles. The molecule has 0 amide bonds. The van der Waals surface area contributed by atoms with E-state index in [0.29, 0.717) is 0 Å². The second kappa shape index (κ2) is 4.23. The molecule has 0 bridgehead atoms. The number of oxazole rings is 1. The minimum atomic E-state index is -5.22. The fourth-order valence-corrected chi connectivity index (χ4v) is 1.57. The smallest absolute Gasteiger partial charge is 0.426 e. The van der Waals surface area contributed by atoms with Crippen LogP contribution in [-0.2, 0) is 10.4 Å². The lowest BCUT2D eigenvalue weighted by Gasteiger charge is -2.25. The number of rotatable bonds is 3. The van der Waals surface area contributed by atoms with E-state index in [9.17, 15) is 23.1 Å². The summed E-state index contributed by atoms with van der Waals surface area (Å²) in [7, 11) is 0. The largest absolute Gasteiger partial charge is 0.481 e. The molecule has 0 aliphatic rings. The zero-order valence-electron chi connectivity index (χ0n) is 9.31. The Bertz CT molecular complexity index is 589. The van der Waals surface area contributed by atoms with Crippen LogP contribution in [0.5, 0.6) is 0 Å². The van der Waals surface area contributed by atoms with Crippen LogP contribution >= 0.6 is 0 Å². The van der Waals surface area contributed by atoms with E-state index < -0.39 is 30.1 Å². The van der Waals surface area contributed by atoms with Gasteiger partial charge in [-0.05, 0) is 12.1 Å². The monoisotopic (exact) mass is 275 g/mol. The fourth-order valence-electron chi connectivity index (χ4n) is 1.57. The molecule has 1 aromatic heterocycles. The molecule has 8 heteroatoms. The van der Waals surface area contributed by atoms with Crippen molar-refractivity contribution in [3.63, 3.8) is 0 Å². The number of para-hydroxylation sites is 2. The summed E-state index contributed by atoms with van der Waals surface area (Å²) in [5.74, 6) is -2.90. The first-order valence-electron chi connectivity index (χ1n) is 5.11. The number of nitrogens with zero attached hydrogens (tertiary/aromatic N) is 1. The average Bonchev–Trinajstić information content (AvgIpc) is 2.70. The molecule has 19 heavy (non-hydrogen) atoms. The molecular weight excluding hydrogens is 267 g/mol. The van der Waals surface area contributed by atoms with Gasteiger partial charge in [-0.25, -0.2) is 4.98 Å². The van der Waals surface area contributed by atoms with Crippen LogP contribution in [0.2, 0.25) is 0 Å². The maximum absolute atomic E-state index is 12.9. The molecule has 5 nitrogen and oxygen atoms in total. The number of hydrogen-bond acceptors (Lipinski definition) is 4. The first-order valence-corrected chi connectivity index (χ1v) is 5.11. The van der Waals surface area contributed by atoms with E-state index in [4.69, 9.17) is 9.52 Å². The van der Waals surface area contributed by atoms with Crippen molar-refractivity contribution in [1.29, 1.82) is 0 Å². The van der Waals surface area contributed by atoms with Gasteiger partial charge >= 0.3 is 12.1 Å². The summed E-state index contributed by atoms with van der Waals surface area (Å²) < 4.78 is 43.4. The summed E-state index contributed by atoms with van der Waals surface area (Å²) in [5, 5.41) is 18.1. The summed E-state index contributed by atoms with van der Waals surface area (Å²) >= 11 is 0. The van der Waals surface area contributed by atoms with Gasteiger partial charge < -0.3 is 14.6 Å². The number of halogens is 3. The Morgan fingerprint density at radius 1 is 1.32 bits per heavy atom. The molecule has 0 spiro atoms. The van der Waals surface area contributed by atoms with Crippen molar-refractivity contribution in [3.8, 4) is 0 Å². The van der Waals surface area contributed by atoms with Crippen LogP contribution in [0.4, 0.5) is 13.2 Å². The summed E-state index contributed by atoms with van der Waals surface area (Å²) in [6.45, 7) is 0. The van der Waals surface area contributed by atoms with Crippen molar-refractivity contribution in [1.82, 2.24) is 4.98 Å². The zero-order chi connectivity index (χ0) is 14.3. The summed E-state index contributed by atoms with van der Waals surface area (Å²) in [6, 6.07) is 5.79. The van der Waals surface area contributed by atoms with Gasteiger partial charge in [-0.2, -0.15) is 13.2 Å². The number of alkyl halides is 3. The van der Waals surface area contributed by atoms with Crippen LogP contribution in [0, 0.1) is 0 Å². The van der Waals surface area contributed by atoms with Crippen molar-refractivity contribution in [2.24, 2.45) is 0 Å². The number of carboxylic acids is 1. The highest BCUT2D eigenvalue weighted by molar-refractivity contribution is 5.73. The molecule has 2 rings (SSSR count). The Hall–Kier alpha value is -2.09. The third kappa shape index (κ3) is 2.26. The van der Waals surface area contributed by atoms with Crippen LogP contribution in [0.3, 0.4) is 0 Å². The molecule has 0 fully saturated rings. The summed E-state index contributed by atoms with van der Waals surface area (Å²) in [4.78, 5) is 14.0. The number of hydrogen-bond donors (Lipinski definition) is 2. The molecule has 0 aliphatic heterocycles. The van der Waals surface area contributed by atoms with E-state index in [-0.39, 0.29) is 11.1 Å². The third-order valence-corrected chi connectivity index (χ3v) is 2.52. The highest BCUT2D eigenvalue weighted by atomic mass is 19.4. The summed E-state index contributed by atoms with van der Waals surface area (Å²) in [6.07, 6.45) is -6.80. The number of benzene rings is 1. The maximum Gasteiger partial charge on any atom is 0.426 e. The molecule has 0 saturated carbocycles. The van der Waals surface area contributed by atoms with E-state index in [1.54, 1.807) is 0 Å². The quantitative estimate of drug-likeness (QED) is 0.895. The standard InChI is InChI=1S/C11H8F3NO4/c12-11(13,14)10(18,5-8(16)17)9-15-6-3-1-2-4-7(6)19-9/h1-4,18H,5H2,(H,16,17)/t10-/m0/s1. The Morgan fingerprint density at radius 3 is 2.47 bits per heavy atom. The van der Waals surface area contributed by atoms with Crippen molar-refractivity contribution in [2.45, 2.75) is 18.2 Å². The number of carboxylic acid groups (broad SMARTS) is 1. The van der Waals surface area contributed by atoms with E-state index in [1.807, 2.05) is 0 Å².